The van der Waals surface area contributed by atoms with Gasteiger partial charge in [0.1, 0.15) is 5.75 Å². The summed E-state index contributed by atoms with van der Waals surface area (Å²) in [6.45, 7) is 4.02. The Morgan fingerprint density at radius 2 is 1.83 bits per heavy atom. The fourth-order valence-electron chi connectivity index (χ4n) is 2.15. The molecule has 0 aliphatic carbocycles. The van der Waals surface area contributed by atoms with E-state index in [9.17, 15) is 4.79 Å². The first-order valence-electron chi connectivity index (χ1n) is 7.49. The Morgan fingerprint density at radius 1 is 1.12 bits per heavy atom. The molecule has 0 heterocycles. The minimum Gasteiger partial charge on any atom is -0.497 e. The average Bonchev–Trinajstić information content (AvgIpc) is 2.56. The summed E-state index contributed by atoms with van der Waals surface area (Å²) in [6, 6.07) is 13.4. The van der Waals surface area contributed by atoms with Crippen molar-refractivity contribution in [1.82, 2.24) is 5.32 Å². The van der Waals surface area contributed by atoms with Crippen LogP contribution in [0.1, 0.15) is 16.7 Å². The minimum atomic E-state index is -0.284. The molecule has 0 atom stereocenters. The van der Waals surface area contributed by atoms with E-state index in [0.717, 1.165) is 22.6 Å². The van der Waals surface area contributed by atoms with Crippen LogP contribution >= 0.6 is 12.2 Å². The number of hydrogen-bond acceptors (Lipinski definition) is 3. The molecule has 0 bridgehead atoms. The van der Waals surface area contributed by atoms with Gasteiger partial charge < -0.3 is 10.1 Å². The molecule has 0 unspecified atom stereocenters. The van der Waals surface area contributed by atoms with E-state index in [2.05, 4.69) is 16.7 Å². The number of carbonyl (C=O) groups is 1. The lowest BCUT2D eigenvalue weighted by Crippen LogP contribution is -2.33. The van der Waals surface area contributed by atoms with Gasteiger partial charge in [-0.1, -0.05) is 29.8 Å². The molecule has 2 N–H and O–H groups in total. The summed E-state index contributed by atoms with van der Waals surface area (Å²) in [4.78, 5) is 11.9. The van der Waals surface area contributed by atoms with Crippen LogP contribution in [0.4, 0.5) is 5.69 Å². The van der Waals surface area contributed by atoms with Crippen molar-refractivity contribution < 1.29 is 9.53 Å². The highest BCUT2D eigenvalue weighted by Gasteiger charge is 2.04. The van der Waals surface area contributed by atoms with E-state index in [-0.39, 0.29) is 11.0 Å². The Hall–Kier alpha value is -2.66. The van der Waals surface area contributed by atoms with Gasteiger partial charge >= 0.3 is 0 Å². The number of amides is 1. The van der Waals surface area contributed by atoms with E-state index < -0.39 is 0 Å². The van der Waals surface area contributed by atoms with E-state index in [1.165, 1.54) is 11.6 Å². The maximum atomic E-state index is 11.9. The fraction of sp³-hybridized carbons (Fsp3) is 0.158. The third-order valence-corrected chi connectivity index (χ3v) is 3.61. The number of carbonyl (C=O) groups excluding carboxylic acids is 1. The standard InChI is InChI=1S/C19H20N2O2S/c1-13-4-10-17(14(2)12-13)20-19(24)21-18(22)11-7-15-5-8-16(23-3)9-6-15/h4-12H,1-3H3,(H2,20,21,22,24). The maximum Gasteiger partial charge on any atom is 0.250 e. The molecule has 0 aromatic heterocycles. The first-order valence-corrected chi connectivity index (χ1v) is 7.90. The van der Waals surface area contributed by atoms with E-state index in [1.807, 2.05) is 50.2 Å². The number of benzene rings is 2. The van der Waals surface area contributed by atoms with Gasteiger partial charge in [-0.3, -0.25) is 10.1 Å². The second-order valence-corrected chi connectivity index (χ2v) is 5.78. The zero-order valence-electron chi connectivity index (χ0n) is 13.9. The molecule has 2 aromatic carbocycles. The van der Waals surface area contributed by atoms with Gasteiger partial charge in [0.2, 0.25) is 5.91 Å². The molecule has 0 aliphatic rings. The van der Waals surface area contributed by atoms with Crippen molar-refractivity contribution in [3.63, 3.8) is 0 Å². The summed E-state index contributed by atoms with van der Waals surface area (Å²) in [5.41, 5.74) is 4.03. The van der Waals surface area contributed by atoms with Crippen molar-refractivity contribution >= 4 is 35.0 Å². The Labute approximate surface area is 147 Å². The van der Waals surface area contributed by atoms with Crippen molar-refractivity contribution in [3.8, 4) is 5.75 Å². The molecular weight excluding hydrogens is 320 g/mol. The van der Waals surface area contributed by atoms with Crippen molar-refractivity contribution in [3.05, 3.63) is 65.2 Å². The predicted octanol–water partition coefficient (Wildman–Crippen LogP) is 3.84. The zero-order chi connectivity index (χ0) is 17.5. The van der Waals surface area contributed by atoms with Crippen LogP contribution in [0.15, 0.2) is 48.5 Å². The fourth-order valence-corrected chi connectivity index (χ4v) is 2.36. The Bertz CT molecular complexity index is 767. The SMILES string of the molecule is COc1ccc(C=CC(=O)NC(=S)Nc2ccc(C)cc2C)cc1. The maximum absolute atomic E-state index is 11.9. The third-order valence-electron chi connectivity index (χ3n) is 3.41. The predicted molar refractivity (Wildman–Crippen MR) is 102 cm³/mol. The second kappa shape index (κ2) is 8.26. The molecule has 0 aliphatic heterocycles. The Morgan fingerprint density at radius 3 is 2.46 bits per heavy atom. The summed E-state index contributed by atoms with van der Waals surface area (Å²) in [5.74, 6) is 0.489. The number of methoxy groups -OCH3 is 1. The van der Waals surface area contributed by atoms with Crippen molar-refractivity contribution in [1.29, 1.82) is 0 Å². The second-order valence-electron chi connectivity index (χ2n) is 5.37. The van der Waals surface area contributed by atoms with E-state index in [4.69, 9.17) is 17.0 Å². The highest BCUT2D eigenvalue weighted by Crippen LogP contribution is 2.16. The van der Waals surface area contributed by atoms with Crippen molar-refractivity contribution in [2.24, 2.45) is 0 Å². The monoisotopic (exact) mass is 340 g/mol. The summed E-state index contributed by atoms with van der Waals surface area (Å²) >= 11 is 5.17. The molecule has 24 heavy (non-hydrogen) atoms. The van der Waals surface area contributed by atoms with Gasteiger partial charge in [0.25, 0.3) is 0 Å². The third kappa shape index (κ3) is 5.21. The molecule has 0 fully saturated rings. The minimum absolute atomic E-state index is 0.270. The molecule has 4 nitrogen and oxygen atoms in total. The molecule has 0 saturated heterocycles. The number of ether oxygens (including phenoxy) is 1. The van der Waals surface area contributed by atoms with Gasteiger partial charge in [-0.2, -0.15) is 0 Å². The number of nitrogens with one attached hydrogen (secondary N) is 2. The molecule has 0 saturated carbocycles. The number of rotatable bonds is 4. The first kappa shape index (κ1) is 17.7. The summed E-state index contributed by atoms with van der Waals surface area (Å²) in [7, 11) is 1.61. The van der Waals surface area contributed by atoms with Crippen LogP contribution < -0.4 is 15.4 Å². The highest BCUT2D eigenvalue weighted by molar-refractivity contribution is 7.80. The molecule has 0 radical (unpaired) electrons. The molecule has 1 amide bonds. The van der Waals surface area contributed by atoms with Crippen LogP contribution in [0, 0.1) is 13.8 Å². The normalized spacial score (nSPS) is 10.5. The summed E-state index contributed by atoms with van der Waals surface area (Å²) in [6.07, 6.45) is 3.16. The van der Waals surface area contributed by atoms with Crippen molar-refractivity contribution in [2.75, 3.05) is 12.4 Å². The smallest absolute Gasteiger partial charge is 0.250 e. The number of hydrogen-bond donors (Lipinski definition) is 2. The van der Waals surface area contributed by atoms with Crippen LogP contribution in [-0.2, 0) is 4.79 Å². The van der Waals surface area contributed by atoms with Gasteiger partial charge in [-0.15, -0.1) is 0 Å². The van der Waals surface area contributed by atoms with Gasteiger partial charge in [0, 0.05) is 11.8 Å². The van der Waals surface area contributed by atoms with E-state index in [1.54, 1.807) is 13.2 Å². The lowest BCUT2D eigenvalue weighted by atomic mass is 10.1. The molecule has 2 rings (SSSR count). The lowest BCUT2D eigenvalue weighted by Gasteiger charge is -2.11. The van der Waals surface area contributed by atoms with E-state index in [0.29, 0.717) is 0 Å². The lowest BCUT2D eigenvalue weighted by molar-refractivity contribution is -0.115. The summed E-state index contributed by atoms with van der Waals surface area (Å²) < 4.78 is 5.09. The first-order chi connectivity index (χ1) is 11.5. The van der Waals surface area contributed by atoms with Crippen LogP contribution in [-0.4, -0.2) is 18.1 Å². The van der Waals surface area contributed by atoms with Gasteiger partial charge in [0.05, 0.1) is 7.11 Å². The van der Waals surface area contributed by atoms with Crippen LogP contribution in [0.25, 0.3) is 6.08 Å². The molecular formula is C19H20N2O2S. The molecule has 124 valence electrons. The van der Waals surface area contributed by atoms with Gasteiger partial charge in [-0.25, -0.2) is 0 Å². The highest BCUT2D eigenvalue weighted by atomic mass is 32.1. The van der Waals surface area contributed by atoms with E-state index >= 15 is 0 Å². The largest absolute Gasteiger partial charge is 0.497 e. The van der Waals surface area contributed by atoms with Crippen LogP contribution in [0.5, 0.6) is 5.75 Å². The van der Waals surface area contributed by atoms with Crippen LogP contribution in [0.2, 0.25) is 0 Å². The Kier molecular flexibility index (Phi) is 6.09. The average molecular weight is 340 g/mol. The molecule has 0 spiro atoms. The topological polar surface area (TPSA) is 50.4 Å². The van der Waals surface area contributed by atoms with Gasteiger partial charge in [-0.05, 0) is 61.5 Å². The quantitative estimate of drug-likeness (QED) is 0.656. The summed E-state index contributed by atoms with van der Waals surface area (Å²) in [5, 5.41) is 5.93. The number of anilines is 1. The number of aryl methyl sites for hydroxylation is 2. The molecule has 2 aromatic rings. The zero-order valence-corrected chi connectivity index (χ0v) is 14.7. The molecule has 5 heteroatoms. The number of thiocarbonyl (C=S) groups is 1. The van der Waals surface area contributed by atoms with Crippen LogP contribution in [0.3, 0.4) is 0 Å². The Balaban J connectivity index is 1.91. The van der Waals surface area contributed by atoms with Crippen molar-refractivity contribution in [2.45, 2.75) is 13.8 Å². The van der Waals surface area contributed by atoms with Gasteiger partial charge in [0.15, 0.2) is 5.11 Å².